The van der Waals surface area contributed by atoms with Crippen LogP contribution < -0.4 is 8.92 Å². The van der Waals surface area contributed by atoms with Crippen LogP contribution in [0, 0.1) is 40.9 Å². The number of alkyl halides is 12. The summed E-state index contributed by atoms with van der Waals surface area (Å²) in [6.07, 6.45) is 7.54. The summed E-state index contributed by atoms with van der Waals surface area (Å²) in [5.41, 5.74) is -0.982. The van der Waals surface area contributed by atoms with Crippen LogP contribution in [0.25, 0.3) is 0 Å². The van der Waals surface area contributed by atoms with E-state index < -0.39 is 102 Å². The standard InChI is InChI=1S/3C18H15S.C13H14F6O7S2.C13H18F2O5S.C9H12F4O3S/c3*1-4-10-16(11-5-1)19(17-12-6-2-7-13-17)18-14-8-3-9-15-18;1-10(2,3)25-8-4-6-9(7-5-8)26-28(23,24)13(18,19)11(14,15)12(16,17)27(20,21)22;14-13(15,21(17,18)19)11(16)20-7-12-4-8-1-9(5-12)3-10(2-8)6-12;10-8(11,9(12,13)17(14,15)16)7-4-5-1-2-6(7)3-5/h3*1-15H;4-7H,1-3H3,(H,20,21,22);8-10H,1-7H2,(H,17,18,19);5-7H,1-4H2,(H,14,15,16)/q3*+1;;;. The van der Waals surface area contributed by atoms with Gasteiger partial charge in [0.2, 0.25) is 0 Å². The van der Waals surface area contributed by atoms with Crippen molar-refractivity contribution in [3.8, 4) is 11.5 Å². The van der Waals surface area contributed by atoms with Crippen molar-refractivity contribution < 1.29 is 118 Å². The van der Waals surface area contributed by atoms with Crippen LogP contribution in [-0.2, 0) is 82.7 Å². The minimum absolute atomic E-state index is 0.0146. The van der Waals surface area contributed by atoms with Crippen molar-refractivity contribution in [3.05, 3.63) is 297 Å². The van der Waals surface area contributed by atoms with Gasteiger partial charge in [-0.2, -0.15) is 86.4 Å². The number of hydrogen-bond donors (Lipinski definition) is 3. The fourth-order valence-corrected chi connectivity index (χ4v) is 24.3. The lowest BCUT2D eigenvalue weighted by Gasteiger charge is -2.56. The minimum Gasteiger partial charge on any atom is -0.488 e. The summed E-state index contributed by atoms with van der Waals surface area (Å²) in [5.74, 6) is -15.4. The summed E-state index contributed by atoms with van der Waals surface area (Å²) in [6.45, 7) is 4.74. The molecule has 0 spiro atoms. The van der Waals surface area contributed by atoms with Crippen LogP contribution in [0.5, 0.6) is 11.5 Å². The van der Waals surface area contributed by atoms with Gasteiger partial charge in [-0.1, -0.05) is 170 Å². The highest BCUT2D eigenvalue weighted by Gasteiger charge is 2.83. The highest BCUT2D eigenvalue weighted by Crippen LogP contribution is 2.61. The zero-order valence-corrected chi connectivity index (χ0v) is 71.9. The molecule has 6 bridgehead atoms. The molecular formula is C89H89F12O15S7+3. The molecule has 10 aromatic carbocycles. The van der Waals surface area contributed by atoms with E-state index in [-0.39, 0.29) is 62.8 Å². The Morgan fingerprint density at radius 3 is 0.870 bits per heavy atom. The van der Waals surface area contributed by atoms with E-state index >= 15 is 0 Å². The molecule has 0 aliphatic heterocycles. The molecule has 6 saturated carbocycles. The van der Waals surface area contributed by atoms with E-state index in [9.17, 15) is 91.2 Å². The fraction of sp³-hybridized carbons (Fsp3) is 0.315. The first kappa shape index (κ1) is 96.4. The van der Waals surface area contributed by atoms with Gasteiger partial charge in [-0.25, -0.2) is 4.79 Å². The van der Waals surface area contributed by atoms with Gasteiger partial charge in [-0.3, -0.25) is 13.7 Å². The molecule has 3 N–H and O–H groups in total. The van der Waals surface area contributed by atoms with Crippen LogP contribution in [0.4, 0.5) is 52.7 Å². The quantitative estimate of drug-likeness (QED) is 0.0177. The molecular weight excluding hydrogens is 1760 g/mol. The van der Waals surface area contributed by atoms with E-state index in [1.807, 2.05) is 0 Å². The molecule has 0 saturated heterocycles. The molecule has 6 aliphatic rings. The summed E-state index contributed by atoms with van der Waals surface area (Å²) in [6, 6.07) is 99.9. The van der Waals surface area contributed by atoms with Crippen molar-refractivity contribution in [2.75, 3.05) is 6.61 Å². The van der Waals surface area contributed by atoms with Gasteiger partial charge in [0.15, 0.2) is 44.1 Å². The summed E-state index contributed by atoms with van der Waals surface area (Å²) in [7, 11) is -25.9. The van der Waals surface area contributed by atoms with Crippen LogP contribution in [-0.4, -0.2) is 98.4 Å². The number of rotatable bonds is 23. The Morgan fingerprint density at radius 1 is 0.358 bits per heavy atom. The van der Waals surface area contributed by atoms with Crippen molar-refractivity contribution >= 4 is 79.1 Å². The molecule has 15 nitrogen and oxygen atoms in total. The summed E-state index contributed by atoms with van der Waals surface area (Å²) < 4.78 is 284. The van der Waals surface area contributed by atoms with Gasteiger partial charge < -0.3 is 13.7 Å². The van der Waals surface area contributed by atoms with Gasteiger partial charge in [-0.15, -0.1) is 0 Å². The van der Waals surface area contributed by atoms with Gasteiger partial charge in [0.05, 0.1) is 39.3 Å². The van der Waals surface area contributed by atoms with Crippen LogP contribution in [0.1, 0.15) is 85.0 Å². The van der Waals surface area contributed by atoms with Gasteiger partial charge in [0.25, 0.3) is 0 Å². The summed E-state index contributed by atoms with van der Waals surface area (Å²) in [4.78, 5) is 23.5. The molecule has 16 rings (SSSR count). The lowest BCUT2D eigenvalue weighted by Crippen LogP contribution is -2.61. The third-order valence-electron chi connectivity index (χ3n) is 20.8. The van der Waals surface area contributed by atoms with Gasteiger partial charge in [0, 0.05) is 11.3 Å². The largest absolute Gasteiger partial charge is 0.488 e. The highest BCUT2D eigenvalue weighted by molar-refractivity contribution is 7.97. The third kappa shape index (κ3) is 23.5. The van der Waals surface area contributed by atoms with Gasteiger partial charge in [-0.05, 0) is 242 Å². The number of carbonyl (C=O) groups excluding carboxylic acids is 1. The van der Waals surface area contributed by atoms with E-state index in [4.69, 9.17) is 18.4 Å². The average molecular weight is 1850 g/mol. The zero-order chi connectivity index (χ0) is 89.7. The highest BCUT2D eigenvalue weighted by atomic mass is 32.2. The number of fused-ring (bicyclic) bond motifs is 2. The molecule has 0 radical (unpaired) electrons. The first-order valence-electron chi connectivity index (χ1n) is 38.5. The molecule has 6 fully saturated rings. The lowest BCUT2D eigenvalue weighted by atomic mass is 9.50. The number of halogens is 12. The monoisotopic (exact) mass is 1850 g/mol. The Hall–Kier alpha value is -8.84. The Balaban J connectivity index is 0.000000155. The molecule has 658 valence electrons. The summed E-state index contributed by atoms with van der Waals surface area (Å²) >= 11 is 0. The van der Waals surface area contributed by atoms with E-state index in [0.717, 1.165) is 57.1 Å². The third-order valence-corrected chi connectivity index (χ3v) is 31.4. The molecule has 0 aromatic heterocycles. The number of esters is 1. The van der Waals surface area contributed by atoms with Crippen molar-refractivity contribution in [2.24, 2.45) is 40.9 Å². The Labute approximate surface area is 716 Å². The fourth-order valence-electron chi connectivity index (χ4n) is 15.8. The first-order chi connectivity index (χ1) is 57.7. The summed E-state index contributed by atoms with van der Waals surface area (Å²) in [5, 5.41) is -23.9. The van der Waals surface area contributed by atoms with Crippen LogP contribution in [0.3, 0.4) is 0 Å². The predicted molar refractivity (Wildman–Crippen MR) is 446 cm³/mol. The molecule has 10 aromatic rings. The maximum absolute atomic E-state index is 13.6. The van der Waals surface area contributed by atoms with Crippen molar-refractivity contribution in [2.45, 2.75) is 168 Å². The second-order valence-electron chi connectivity index (χ2n) is 30.9. The van der Waals surface area contributed by atoms with Crippen LogP contribution >= 0.6 is 0 Å². The lowest BCUT2D eigenvalue weighted by molar-refractivity contribution is -0.247. The maximum atomic E-state index is 13.6. The smallest absolute Gasteiger partial charge is 0.465 e. The SMILES string of the molecule is CC(C)(C)Oc1ccc(OS(=O)(=O)C(F)(F)C(F)(F)C(F)(F)S(=O)(=O)O)cc1.O=C(OCC12CC3CC(CC(C3)C1)C2)C(F)(F)S(=O)(=O)O.O=S(=O)(O)C(F)(F)C(F)(F)C1CC2CCC1C2.c1ccc([S+](c2ccccc2)c2ccccc2)cc1.c1ccc([S+](c2ccccc2)c2ccccc2)cc1.c1ccc([S+](c2ccccc2)c2ccccc2)cc1. The van der Waals surface area contributed by atoms with Gasteiger partial charge >= 0.3 is 79.3 Å². The number of carbonyl (C=O) groups is 1. The van der Waals surface area contributed by atoms with E-state index in [2.05, 4.69) is 282 Å². The number of benzene rings is 10. The maximum Gasteiger partial charge on any atom is 0.465 e. The zero-order valence-electron chi connectivity index (χ0n) is 66.2. The molecule has 123 heavy (non-hydrogen) atoms. The molecule has 3 unspecified atom stereocenters. The Morgan fingerprint density at radius 2 is 0.634 bits per heavy atom. The minimum atomic E-state index is -7.10. The molecule has 0 amide bonds. The van der Waals surface area contributed by atoms with Crippen molar-refractivity contribution in [1.29, 1.82) is 0 Å². The van der Waals surface area contributed by atoms with E-state index in [1.165, 1.54) is 44.1 Å². The molecule has 0 heterocycles. The predicted octanol–water partition coefficient (Wildman–Crippen LogP) is 22.4. The van der Waals surface area contributed by atoms with E-state index in [0.29, 0.717) is 42.7 Å². The first-order valence-corrected chi connectivity index (χ1v) is 47.9. The Bertz CT molecular complexity index is 4950. The molecule has 6 aliphatic carbocycles. The van der Waals surface area contributed by atoms with Crippen LogP contribution in [0.2, 0.25) is 0 Å². The van der Waals surface area contributed by atoms with Crippen molar-refractivity contribution in [1.82, 2.24) is 0 Å². The molecule has 3 atom stereocenters. The number of ether oxygens (including phenoxy) is 2. The average Bonchev–Trinajstić information content (AvgIpc) is 1.60. The van der Waals surface area contributed by atoms with Crippen molar-refractivity contribution in [3.63, 3.8) is 0 Å². The van der Waals surface area contributed by atoms with E-state index in [1.54, 1.807) is 20.8 Å². The van der Waals surface area contributed by atoms with Crippen LogP contribution in [0.15, 0.2) is 341 Å². The second kappa shape index (κ2) is 39.8. The topological polar surface area (TPSA) is 242 Å². The second-order valence-corrected chi connectivity index (χ2v) is 43.0. The normalized spacial score (nSPS) is 19.6. The Kier molecular flexibility index (Phi) is 31.2. The molecule has 34 heteroatoms. The van der Waals surface area contributed by atoms with Gasteiger partial charge in [0.1, 0.15) is 17.1 Å². The number of hydrogen-bond acceptors (Lipinski definition) is 12.